The molecule has 9 heteroatoms. The van der Waals surface area contributed by atoms with Crippen LogP contribution in [0.5, 0.6) is 0 Å². The molecule has 106 valence electrons. The molecule has 2 rings (SSSR count). The number of thioether (sulfide) groups is 1. The minimum absolute atomic E-state index is 0.0820. The van der Waals surface area contributed by atoms with Gasteiger partial charge in [-0.15, -0.1) is 16.9 Å². The first-order chi connectivity index (χ1) is 9.52. The molecular formula is C11H8F3N3OS2. The molecule has 4 nitrogen and oxygen atoms in total. The normalized spacial score (nSPS) is 10.8. The fourth-order valence-electron chi connectivity index (χ4n) is 1.40. The first-order valence-corrected chi connectivity index (χ1v) is 7.28. The molecule has 0 aliphatic carbocycles. The Labute approximate surface area is 120 Å². The number of nitrogens with one attached hydrogen (secondary N) is 1. The van der Waals surface area contributed by atoms with E-state index in [-0.39, 0.29) is 10.6 Å². The lowest BCUT2D eigenvalue weighted by Crippen LogP contribution is -2.13. The molecule has 1 aromatic carbocycles. The van der Waals surface area contributed by atoms with Crippen molar-refractivity contribution in [1.29, 1.82) is 0 Å². The fraction of sp³-hybridized carbons (Fsp3) is 0.182. The average molecular weight is 319 g/mol. The highest BCUT2D eigenvalue weighted by molar-refractivity contribution is 7.98. The van der Waals surface area contributed by atoms with Crippen molar-refractivity contribution < 1.29 is 18.0 Å². The number of alkyl halides is 2. The zero-order chi connectivity index (χ0) is 14.7. The van der Waals surface area contributed by atoms with Crippen LogP contribution in [0, 0.1) is 5.82 Å². The average Bonchev–Trinajstić information content (AvgIpc) is 2.90. The summed E-state index contributed by atoms with van der Waals surface area (Å²) < 4.78 is 42.2. The van der Waals surface area contributed by atoms with Crippen LogP contribution in [-0.2, 0) is 0 Å². The van der Waals surface area contributed by atoms with Crippen molar-refractivity contribution in [1.82, 2.24) is 9.59 Å². The summed E-state index contributed by atoms with van der Waals surface area (Å²) in [6, 6.07) is 4.23. The summed E-state index contributed by atoms with van der Waals surface area (Å²) in [7, 11) is 0. The van der Waals surface area contributed by atoms with Gasteiger partial charge in [0.05, 0.1) is 5.69 Å². The first kappa shape index (κ1) is 14.8. The molecule has 0 aliphatic rings. The number of nitrogens with zero attached hydrogens (tertiary/aromatic N) is 2. The van der Waals surface area contributed by atoms with Gasteiger partial charge in [-0.05, 0) is 36.0 Å². The molecule has 0 saturated carbocycles. The minimum atomic E-state index is -2.90. The van der Waals surface area contributed by atoms with Crippen molar-refractivity contribution >= 4 is 34.9 Å². The number of rotatable bonds is 4. The van der Waals surface area contributed by atoms with Gasteiger partial charge in [-0.2, -0.15) is 0 Å². The van der Waals surface area contributed by atoms with E-state index in [1.807, 2.05) is 0 Å². The van der Waals surface area contributed by atoms with Crippen molar-refractivity contribution in [3.05, 3.63) is 34.6 Å². The molecule has 0 fully saturated rings. The number of carbonyl (C=O) groups excluding carboxylic acids is 1. The topological polar surface area (TPSA) is 54.9 Å². The Morgan fingerprint density at radius 3 is 2.80 bits per heavy atom. The van der Waals surface area contributed by atoms with Gasteiger partial charge in [0.1, 0.15) is 10.7 Å². The lowest BCUT2D eigenvalue weighted by atomic mass is 10.3. The molecule has 0 radical (unpaired) electrons. The number of amides is 1. The van der Waals surface area contributed by atoms with Gasteiger partial charge >= 0.3 is 0 Å². The third-order valence-corrected chi connectivity index (χ3v) is 3.82. The highest BCUT2D eigenvalue weighted by Gasteiger charge is 2.23. The van der Waals surface area contributed by atoms with Crippen molar-refractivity contribution in [2.24, 2.45) is 0 Å². The fourth-order valence-corrected chi connectivity index (χ4v) is 2.39. The molecule has 0 atom stereocenters. The molecule has 20 heavy (non-hydrogen) atoms. The van der Waals surface area contributed by atoms with Crippen molar-refractivity contribution in [3.63, 3.8) is 0 Å². The van der Waals surface area contributed by atoms with Crippen LogP contribution in [0.1, 0.15) is 21.8 Å². The van der Waals surface area contributed by atoms with E-state index in [1.54, 1.807) is 12.3 Å². The van der Waals surface area contributed by atoms with Gasteiger partial charge in [0.2, 0.25) is 0 Å². The third-order valence-electron chi connectivity index (χ3n) is 2.35. The highest BCUT2D eigenvalue weighted by Crippen LogP contribution is 2.25. The van der Waals surface area contributed by atoms with E-state index in [0.717, 1.165) is 0 Å². The lowest BCUT2D eigenvalue weighted by Gasteiger charge is -2.06. The summed E-state index contributed by atoms with van der Waals surface area (Å²) in [5.41, 5.74) is -0.782. The number of hydrogen-bond acceptors (Lipinski definition) is 5. The van der Waals surface area contributed by atoms with Gasteiger partial charge in [-0.3, -0.25) is 4.79 Å². The van der Waals surface area contributed by atoms with Gasteiger partial charge in [0.25, 0.3) is 12.3 Å². The summed E-state index contributed by atoms with van der Waals surface area (Å²) >= 11 is 1.88. The maximum atomic E-state index is 13.7. The number of halogens is 3. The summed E-state index contributed by atoms with van der Waals surface area (Å²) in [6.07, 6.45) is -1.12. The standard InChI is InChI=1S/C11H8F3N3OS2/c1-19-5-2-3-7(6(12)4-5)15-11(18)9-8(10(13)14)16-17-20-9/h2-4,10H,1H3,(H,15,18). The van der Waals surface area contributed by atoms with E-state index in [4.69, 9.17) is 0 Å². The minimum Gasteiger partial charge on any atom is -0.319 e. The summed E-state index contributed by atoms with van der Waals surface area (Å²) in [5.74, 6) is -1.49. The quantitative estimate of drug-likeness (QED) is 0.875. The first-order valence-electron chi connectivity index (χ1n) is 5.28. The molecule has 1 heterocycles. The predicted octanol–water partition coefficient (Wildman–Crippen LogP) is 3.59. The van der Waals surface area contributed by atoms with Crippen LogP contribution in [0.4, 0.5) is 18.9 Å². The second-order valence-corrected chi connectivity index (χ2v) is 5.22. The highest BCUT2D eigenvalue weighted by atomic mass is 32.2. The van der Waals surface area contributed by atoms with E-state index < -0.39 is 23.8 Å². The number of carbonyl (C=O) groups is 1. The van der Waals surface area contributed by atoms with Gasteiger partial charge < -0.3 is 5.32 Å². The smallest absolute Gasteiger partial charge is 0.283 e. The molecule has 1 aromatic heterocycles. The summed E-state index contributed by atoms with van der Waals surface area (Å²) in [5, 5.41) is 5.42. The SMILES string of the molecule is CSc1ccc(NC(=O)c2snnc2C(F)F)c(F)c1. The Balaban J connectivity index is 2.21. The molecule has 0 spiro atoms. The van der Waals surface area contributed by atoms with Crippen LogP contribution in [0.15, 0.2) is 23.1 Å². The van der Waals surface area contributed by atoms with Crippen LogP contribution in [0.25, 0.3) is 0 Å². The Hall–Kier alpha value is -1.61. The summed E-state index contributed by atoms with van der Waals surface area (Å²) in [4.78, 5) is 12.2. The molecular weight excluding hydrogens is 311 g/mol. The van der Waals surface area contributed by atoms with Crippen LogP contribution in [0.2, 0.25) is 0 Å². The van der Waals surface area contributed by atoms with E-state index >= 15 is 0 Å². The largest absolute Gasteiger partial charge is 0.319 e. The zero-order valence-corrected chi connectivity index (χ0v) is 11.7. The monoisotopic (exact) mass is 319 g/mol. The van der Waals surface area contributed by atoms with Gasteiger partial charge in [0, 0.05) is 4.90 Å². The van der Waals surface area contributed by atoms with Crippen LogP contribution in [0.3, 0.4) is 0 Å². The number of aromatic nitrogens is 2. The molecule has 1 N–H and O–H groups in total. The second-order valence-electron chi connectivity index (χ2n) is 3.59. The van der Waals surface area contributed by atoms with Crippen molar-refractivity contribution in [2.75, 3.05) is 11.6 Å². The maximum Gasteiger partial charge on any atom is 0.283 e. The Bertz CT molecular complexity index is 633. The number of benzene rings is 1. The Morgan fingerprint density at radius 2 is 2.20 bits per heavy atom. The van der Waals surface area contributed by atoms with Gasteiger partial charge in [0.15, 0.2) is 5.69 Å². The van der Waals surface area contributed by atoms with Gasteiger partial charge in [-0.1, -0.05) is 4.49 Å². The number of hydrogen-bond donors (Lipinski definition) is 1. The molecule has 0 bridgehead atoms. The summed E-state index contributed by atoms with van der Waals surface area (Å²) in [6.45, 7) is 0. The number of anilines is 1. The Morgan fingerprint density at radius 1 is 1.45 bits per heavy atom. The van der Waals surface area contributed by atoms with E-state index in [2.05, 4.69) is 14.9 Å². The molecule has 0 aliphatic heterocycles. The van der Waals surface area contributed by atoms with E-state index in [1.165, 1.54) is 23.9 Å². The molecule has 0 unspecified atom stereocenters. The van der Waals surface area contributed by atoms with Crippen LogP contribution < -0.4 is 5.32 Å². The molecule has 0 saturated heterocycles. The van der Waals surface area contributed by atoms with E-state index in [9.17, 15) is 18.0 Å². The van der Waals surface area contributed by atoms with Crippen molar-refractivity contribution in [3.8, 4) is 0 Å². The lowest BCUT2D eigenvalue weighted by molar-refractivity contribution is 0.101. The molecule has 1 amide bonds. The maximum absolute atomic E-state index is 13.7. The predicted molar refractivity (Wildman–Crippen MR) is 71.0 cm³/mol. The Kier molecular flexibility index (Phi) is 4.61. The molecule has 2 aromatic rings. The van der Waals surface area contributed by atoms with Crippen molar-refractivity contribution in [2.45, 2.75) is 11.3 Å². The van der Waals surface area contributed by atoms with Crippen LogP contribution in [-0.4, -0.2) is 21.7 Å². The third kappa shape index (κ3) is 3.10. The van der Waals surface area contributed by atoms with E-state index in [0.29, 0.717) is 16.4 Å². The zero-order valence-electron chi connectivity index (χ0n) is 10.1. The second kappa shape index (κ2) is 6.23. The van der Waals surface area contributed by atoms with Gasteiger partial charge in [-0.25, -0.2) is 13.2 Å². The van der Waals surface area contributed by atoms with Crippen LogP contribution >= 0.6 is 23.3 Å².